The summed E-state index contributed by atoms with van der Waals surface area (Å²) >= 11 is 2.48. The van der Waals surface area contributed by atoms with Crippen molar-refractivity contribution in [3.05, 3.63) is 82.8 Å². The van der Waals surface area contributed by atoms with Crippen LogP contribution in [-0.4, -0.2) is 33.3 Å². The van der Waals surface area contributed by atoms with Crippen LogP contribution >= 0.6 is 23.5 Å². The number of fused-ring (bicyclic) bond motifs is 2. The molecule has 5 rings (SSSR count). The number of amides is 1. The fourth-order valence-corrected chi connectivity index (χ4v) is 5.72. The smallest absolute Gasteiger partial charge is 0.406 e. The minimum absolute atomic E-state index is 0.0170. The zero-order chi connectivity index (χ0) is 25.3. The zero-order valence-corrected chi connectivity index (χ0v) is 20.2. The molecule has 3 aromatic carbocycles. The van der Waals surface area contributed by atoms with Crippen LogP contribution in [0.1, 0.15) is 5.69 Å². The summed E-state index contributed by atoms with van der Waals surface area (Å²) < 4.78 is 42.8. The molecule has 184 valence electrons. The number of rotatable bonds is 6. The molecule has 0 bridgehead atoms. The van der Waals surface area contributed by atoms with Crippen LogP contribution < -0.4 is 15.6 Å². The van der Waals surface area contributed by atoms with Gasteiger partial charge in [-0.1, -0.05) is 48.2 Å². The number of ether oxygens (including phenoxy) is 1. The van der Waals surface area contributed by atoms with E-state index in [1.807, 2.05) is 42.5 Å². The average Bonchev–Trinajstić information content (AvgIpc) is 3.32. The van der Waals surface area contributed by atoms with E-state index in [9.17, 15) is 22.8 Å². The number of carbonyl (C=O) groups is 1. The lowest BCUT2D eigenvalue weighted by Gasteiger charge is -2.15. The van der Waals surface area contributed by atoms with E-state index in [4.69, 9.17) is 0 Å². The Balaban J connectivity index is 1.41. The van der Waals surface area contributed by atoms with Crippen LogP contribution in [0.2, 0.25) is 0 Å². The van der Waals surface area contributed by atoms with Crippen LogP contribution in [0.5, 0.6) is 5.75 Å². The van der Waals surface area contributed by atoms with Crippen molar-refractivity contribution in [3.8, 4) is 11.4 Å². The van der Waals surface area contributed by atoms with Gasteiger partial charge in [0.05, 0.1) is 22.0 Å². The van der Waals surface area contributed by atoms with Crippen molar-refractivity contribution in [1.82, 2.24) is 9.55 Å². The Morgan fingerprint density at radius 1 is 1.08 bits per heavy atom. The van der Waals surface area contributed by atoms with Crippen LogP contribution in [0.25, 0.3) is 16.5 Å². The first-order chi connectivity index (χ1) is 17.3. The third-order valence-electron chi connectivity index (χ3n) is 5.39. The van der Waals surface area contributed by atoms with Crippen molar-refractivity contribution in [1.29, 1.82) is 0 Å². The third-order valence-corrected chi connectivity index (χ3v) is 7.44. The van der Waals surface area contributed by atoms with Gasteiger partial charge in [-0.3, -0.25) is 14.2 Å². The molecule has 1 amide bonds. The van der Waals surface area contributed by atoms with Gasteiger partial charge in [0.2, 0.25) is 5.91 Å². The van der Waals surface area contributed by atoms with Crippen molar-refractivity contribution in [3.63, 3.8) is 0 Å². The summed E-state index contributed by atoms with van der Waals surface area (Å²) in [6.45, 7) is 0. The normalized spacial score (nSPS) is 13.0. The van der Waals surface area contributed by atoms with E-state index in [-0.39, 0.29) is 17.2 Å². The largest absolute Gasteiger partial charge is 0.573 e. The lowest BCUT2D eigenvalue weighted by atomic mass is 10.1. The quantitative estimate of drug-likeness (QED) is 0.257. The van der Waals surface area contributed by atoms with Gasteiger partial charge in [-0.25, -0.2) is 4.98 Å². The van der Waals surface area contributed by atoms with E-state index in [0.29, 0.717) is 39.3 Å². The minimum atomic E-state index is -4.82. The Bertz CT molecular complexity index is 1500. The summed E-state index contributed by atoms with van der Waals surface area (Å²) in [6, 6.07) is 18.3. The van der Waals surface area contributed by atoms with Gasteiger partial charge in [0.15, 0.2) is 5.16 Å². The molecule has 0 unspecified atom stereocenters. The molecule has 0 fully saturated rings. The molecular weight excluding hydrogens is 511 g/mol. The molecule has 36 heavy (non-hydrogen) atoms. The summed E-state index contributed by atoms with van der Waals surface area (Å²) in [5.74, 6) is 0.0232. The molecule has 1 aliphatic rings. The Labute approximate surface area is 211 Å². The van der Waals surface area contributed by atoms with Crippen molar-refractivity contribution < 1.29 is 22.7 Å². The van der Waals surface area contributed by atoms with Crippen LogP contribution in [0.15, 0.2) is 81.6 Å². The number of carbonyl (C=O) groups excluding carboxylic acids is 1. The highest BCUT2D eigenvalue weighted by molar-refractivity contribution is 8.00. The molecule has 1 N–H and O–H groups in total. The number of hydrogen-bond donors (Lipinski definition) is 1. The molecule has 6 nitrogen and oxygen atoms in total. The standard InChI is InChI=1S/C25H18F3N3O3S2/c26-25(27,28)34-17-10-8-16(9-11-17)31-23(33)22-20(12-13-35-22)30-24(31)36-14-21(32)29-19-7-3-5-15-4-1-2-6-18(15)19/h1-11H,12-14H2,(H,29,32). The van der Waals surface area contributed by atoms with Crippen LogP contribution in [-0.2, 0) is 11.2 Å². The number of halogens is 3. The lowest BCUT2D eigenvalue weighted by Crippen LogP contribution is -2.25. The maximum atomic E-state index is 13.3. The number of thioether (sulfide) groups is 2. The summed E-state index contributed by atoms with van der Waals surface area (Å²) in [5.41, 5.74) is 1.35. The summed E-state index contributed by atoms with van der Waals surface area (Å²) in [4.78, 5) is 31.2. The first-order valence-electron chi connectivity index (χ1n) is 10.8. The van der Waals surface area contributed by atoms with Gasteiger partial charge in [-0.15, -0.1) is 24.9 Å². The third kappa shape index (κ3) is 5.21. The van der Waals surface area contributed by atoms with Gasteiger partial charge in [0.25, 0.3) is 5.56 Å². The Morgan fingerprint density at radius 3 is 2.61 bits per heavy atom. The second-order valence-electron chi connectivity index (χ2n) is 7.81. The number of anilines is 1. The molecule has 0 saturated carbocycles. The molecule has 2 heterocycles. The van der Waals surface area contributed by atoms with Gasteiger partial charge in [-0.2, -0.15) is 0 Å². The molecule has 1 aliphatic heterocycles. The molecule has 0 saturated heterocycles. The van der Waals surface area contributed by atoms with Gasteiger partial charge < -0.3 is 10.1 Å². The molecule has 11 heteroatoms. The summed E-state index contributed by atoms with van der Waals surface area (Å²) in [5, 5.41) is 5.10. The van der Waals surface area contributed by atoms with Crippen LogP contribution in [0.4, 0.5) is 18.9 Å². The first kappa shape index (κ1) is 24.3. The van der Waals surface area contributed by atoms with E-state index in [1.165, 1.54) is 28.5 Å². The number of alkyl halides is 3. The number of aryl methyl sites for hydroxylation is 1. The highest BCUT2D eigenvalue weighted by Gasteiger charge is 2.31. The van der Waals surface area contributed by atoms with Gasteiger partial charge >= 0.3 is 6.36 Å². The minimum Gasteiger partial charge on any atom is -0.406 e. The molecule has 1 aromatic heterocycles. The Kier molecular flexibility index (Phi) is 6.67. The van der Waals surface area contributed by atoms with Crippen molar-refractivity contribution in [2.45, 2.75) is 22.8 Å². The number of hydrogen-bond acceptors (Lipinski definition) is 6. The Morgan fingerprint density at radius 2 is 1.83 bits per heavy atom. The van der Waals surface area contributed by atoms with E-state index in [2.05, 4.69) is 15.0 Å². The number of nitrogens with one attached hydrogen (secondary N) is 1. The van der Waals surface area contributed by atoms with Crippen molar-refractivity contribution >= 4 is 45.9 Å². The van der Waals surface area contributed by atoms with E-state index >= 15 is 0 Å². The first-order valence-corrected chi connectivity index (χ1v) is 12.8. The molecule has 0 atom stereocenters. The summed E-state index contributed by atoms with van der Waals surface area (Å²) in [7, 11) is 0. The molecular formula is C25H18F3N3O3S2. The van der Waals surface area contributed by atoms with Gasteiger partial charge in [-0.05, 0) is 35.7 Å². The van der Waals surface area contributed by atoms with Crippen LogP contribution in [0.3, 0.4) is 0 Å². The second-order valence-corrected chi connectivity index (χ2v) is 9.86. The maximum Gasteiger partial charge on any atom is 0.573 e. The van der Waals surface area contributed by atoms with Crippen LogP contribution in [0, 0.1) is 0 Å². The fourth-order valence-electron chi connectivity index (χ4n) is 3.86. The Hall–Kier alpha value is -3.44. The van der Waals surface area contributed by atoms with Gasteiger partial charge in [0.1, 0.15) is 5.75 Å². The molecule has 0 spiro atoms. The molecule has 0 radical (unpaired) electrons. The highest BCUT2D eigenvalue weighted by atomic mass is 32.2. The van der Waals surface area contributed by atoms with E-state index < -0.39 is 12.1 Å². The molecule has 4 aromatic rings. The maximum absolute atomic E-state index is 13.3. The monoisotopic (exact) mass is 529 g/mol. The SMILES string of the molecule is O=C(CSc1nc2c(c(=O)n1-c1ccc(OC(F)(F)F)cc1)SCC2)Nc1cccc2ccccc12. The highest BCUT2D eigenvalue weighted by Crippen LogP contribution is 2.31. The average molecular weight is 530 g/mol. The second kappa shape index (κ2) is 9.90. The summed E-state index contributed by atoms with van der Waals surface area (Å²) in [6.07, 6.45) is -4.19. The number of nitrogens with zero attached hydrogens (tertiary/aromatic N) is 2. The zero-order valence-electron chi connectivity index (χ0n) is 18.5. The van der Waals surface area contributed by atoms with E-state index in [0.717, 1.165) is 34.7 Å². The van der Waals surface area contributed by atoms with E-state index in [1.54, 1.807) is 0 Å². The predicted molar refractivity (Wildman–Crippen MR) is 134 cm³/mol. The number of benzene rings is 3. The topological polar surface area (TPSA) is 73.2 Å². The molecule has 0 aliphatic carbocycles. The number of aromatic nitrogens is 2. The van der Waals surface area contributed by atoms with Crippen molar-refractivity contribution in [2.75, 3.05) is 16.8 Å². The predicted octanol–water partition coefficient (Wildman–Crippen LogP) is 5.66. The lowest BCUT2D eigenvalue weighted by molar-refractivity contribution is -0.274. The fraction of sp³-hybridized carbons (Fsp3) is 0.160. The van der Waals surface area contributed by atoms with Crippen molar-refractivity contribution in [2.24, 2.45) is 0 Å². The van der Waals surface area contributed by atoms with Gasteiger partial charge in [0, 0.05) is 23.2 Å².